The van der Waals surface area contributed by atoms with Gasteiger partial charge in [-0.05, 0) is 78.9 Å². The summed E-state index contributed by atoms with van der Waals surface area (Å²) in [5, 5.41) is 16.7. The minimum atomic E-state index is -1.20. The van der Waals surface area contributed by atoms with Gasteiger partial charge in [-0.3, -0.25) is 0 Å². The van der Waals surface area contributed by atoms with Gasteiger partial charge in [0.2, 0.25) is 0 Å². The number of benzene rings is 2. The zero-order valence-corrected chi connectivity index (χ0v) is 15.7. The smallest absolute Gasteiger partial charge is 0.337 e. The Labute approximate surface area is 157 Å². The number of rotatable bonds is 4. The van der Waals surface area contributed by atoms with Crippen LogP contribution in [-0.2, 0) is 0 Å². The topological polar surface area (TPSA) is 67.2 Å². The van der Waals surface area contributed by atoms with Crippen molar-refractivity contribution in [2.75, 3.05) is 5.32 Å². The number of aromatic nitrogens is 2. The lowest BCUT2D eigenvalue weighted by atomic mass is 10.1. The van der Waals surface area contributed by atoms with Gasteiger partial charge < -0.3 is 10.4 Å². The Bertz CT molecular complexity index is 952. The predicted octanol–water partition coefficient (Wildman–Crippen LogP) is 4.67. The van der Waals surface area contributed by atoms with Crippen LogP contribution in [0.5, 0.6) is 0 Å². The van der Waals surface area contributed by atoms with Gasteiger partial charge in [-0.25, -0.2) is 13.9 Å². The third kappa shape index (κ3) is 3.65. The number of hydrogen-bond acceptors (Lipinski definition) is 3. The fraction of sp³-hybridized carbons (Fsp3) is 0.111. The maximum Gasteiger partial charge on any atom is 0.337 e. The Morgan fingerprint density at radius 3 is 2.44 bits per heavy atom. The van der Waals surface area contributed by atoms with Crippen molar-refractivity contribution in [3.63, 3.8) is 0 Å². The molecule has 2 aromatic carbocycles. The molecule has 0 amide bonds. The summed E-state index contributed by atoms with van der Waals surface area (Å²) >= 11 is 2.18. The first-order valence-electron chi connectivity index (χ1n) is 7.48. The molecular weight excluding hydrogens is 436 g/mol. The number of aromatic carboxylic acids is 1. The van der Waals surface area contributed by atoms with Crippen LogP contribution in [0.25, 0.3) is 5.69 Å². The highest BCUT2D eigenvalue weighted by molar-refractivity contribution is 14.1. The Morgan fingerprint density at radius 2 is 1.88 bits per heavy atom. The van der Waals surface area contributed by atoms with Gasteiger partial charge in [-0.1, -0.05) is 0 Å². The van der Waals surface area contributed by atoms with E-state index < -0.39 is 11.8 Å². The molecule has 0 unspecified atom stereocenters. The van der Waals surface area contributed by atoms with Gasteiger partial charge in [-0.15, -0.1) is 0 Å². The van der Waals surface area contributed by atoms with Crippen molar-refractivity contribution in [3.8, 4) is 5.69 Å². The van der Waals surface area contributed by atoms with Crippen molar-refractivity contribution in [3.05, 3.63) is 68.8 Å². The molecule has 0 bridgehead atoms. The summed E-state index contributed by atoms with van der Waals surface area (Å²) in [5.41, 5.74) is 2.60. The average molecular weight is 451 g/mol. The standard InChI is InChI=1S/C18H15FIN3O2/c1-10-7-11(2)23(22-10)17-9-16(14(18(24)25)8-15(17)19)21-13-5-3-12(20)4-6-13/h3-9,21H,1-2H3,(H,24,25). The summed E-state index contributed by atoms with van der Waals surface area (Å²) < 4.78 is 17.0. The summed E-state index contributed by atoms with van der Waals surface area (Å²) in [7, 11) is 0. The van der Waals surface area contributed by atoms with Crippen LogP contribution in [0.4, 0.5) is 15.8 Å². The minimum absolute atomic E-state index is 0.138. The summed E-state index contributed by atoms with van der Waals surface area (Å²) in [5.74, 6) is -1.84. The average Bonchev–Trinajstić information content (AvgIpc) is 2.89. The van der Waals surface area contributed by atoms with E-state index >= 15 is 0 Å². The SMILES string of the molecule is Cc1cc(C)n(-c2cc(Nc3ccc(I)cc3)c(C(=O)O)cc2F)n1. The molecule has 0 radical (unpaired) electrons. The summed E-state index contributed by atoms with van der Waals surface area (Å²) in [4.78, 5) is 11.5. The number of aryl methyl sites for hydroxylation is 2. The van der Waals surface area contributed by atoms with Crippen LogP contribution in [0.2, 0.25) is 0 Å². The van der Waals surface area contributed by atoms with Crippen molar-refractivity contribution in [2.24, 2.45) is 0 Å². The second kappa shape index (κ2) is 6.83. The highest BCUT2D eigenvalue weighted by atomic mass is 127. The molecule has 2 N–H and O–H groups in total. The second-order valence-electron chi connectivity index (χ2n) is 5.63. The molecule has 1 heterocycles. The van der Waals surface area contributed by atoms with E-state index in [4.69, 9.17) is 0 Å². The lowest BCUT2D eigenvalue weighted by Crippen LogP contribution is -2.08. The molecular formula is C18H15FIN3O2. The molecule has 5 nitrogen and oxygen atoms in total. The van der Waals surface area contributed by atoms with E-state index in [1.165, 1.54) is 10.7 Å². The van der Waals surface area contributed by atoms with E-state index in [1.54, 1.807) is 0 Å². The zero-order chi connectivity index (χ0) is 18.1. The van der Waals surface area contributed by atoms with E-state index in [2.05, 4.69) is 33.0 Å². The van der Waals surface area contributed by atoms with E-state index in [0.717, 1.165) is 21.0 Å². The fourth-order valence-electron chi connectivity index (χ4n) is 2.57. The predicted molar refractivity (Wildman–Crippen MR) is 102 cm³/mol. The molecule has 0 aliphatic heterocycles. The maximum absolute atomic E-state index is 14.5. The minimum Gasteiger partial charge on any atom is -0.478 e. The highest BCUT2D eigenvalue weighted by Gasteiger charge is 2.18. The van der Waals surface area contributed by atoms with Crippen molar-refractivity contribution >= 4 is 39.9 Å². The molecule has 3 rings (SSSR count). The second-order valence-corrected chi connectivity index (χ2v) is 6.87. The first kappa shape index (κ1) is 17.4. The van der Waals surface area contributed by atoms with Crippen LogP contribution < -0.4 is 5.32 Å². The van der Waals surface area contributed by atoms with E-state index in [0.29, 0.717) is 11.4 Å². The number of carboxylic acid groups (broad SMARTS) is 1. The molecule has 0 atom stereocenters. The van der Waals surface area contributed by atoms with Crippen molar-refractivity contribution in [1.29, 1.82) is 0 Å². The number of nitrogens with one attached hydrogen (secondary N) is 1. The molecule has 128 valence electrons. The number of carbonyl (C=O) groups is 1. The first-order chi connectivity index (χ1) is 11.8. The van der Waals surface area contributed by atoms with E-state index in [1.807, 2.05) is 44.2 Å². The lowest BCUT2D eigenvalue weighted by molar-refractivity contribution is 0.0697. The van der Waals surface area contributed by atoms with Crippen LogP contribution in [0.3, 0.4) is 0 Å². The first-order valence-corrected chi connectivity index (χ1v) is 8.56. The van der Waals surface area contributed by atoms with Gasteiger partial charge in [0.15, 0.2) is 0 Å². The molecule has 1 aromatic heterocycles. The number of anilines is 2. The molecule has 0 saturated carbocycles. The van der Waals surface area contributed by atoms with Gasteiger partial charge in [0, 0.05) is 15.0 Å². The molecule has 0 aliphatic carbocycles. The van der Waals surface area contributed by atoms with Gasteiger partial charge in [0.25, 0.3) is 0 Å². The largest absolute Gasteiger partial charge is 0.478 e. The molecule has 3 aromatic rings. The van der Waals surface area contributed by atoms with Gasteiger partial charge >= 0.3 is 5.97 Å². The fourth-order valence-corrected chi connectivity index (χ4v) is 2.93. The number of hydrogen-bond donors (Lipinski definition) is 2. The van der Waals surface area contributed by atoms with Crippen LogP contribution >= 0.6 is 22.6 Å². The maximum atomic E-state index is 14.5. The number of halogens is 2. The normalized spacial score (nSPS) is 10.7. The number of nitrogens with zero attached hydrogens (tertiary/aromatic N) is 2. The van der Waals surface area contributed by atoms with E-state index in [-0.39, 0.29) is 11.3 Å². The Hall–Kier alpha value is -2.42. The zero-order valence-electron chi connectivity index (χ0n) is 13.5. The monoisotopic (exact) mass is 451 g/mol. The van der Waals surface area contributed by atoms with Crippen molar-refractivity contribution < 1.29 is 14.3 Å². The number of carboxylic acids is 1. The van der Waals surface area contributed by atoms with Gasteiger partial charge in [-0.2, -0.15) is 5.10 Å². The Balaban J connectivity index is 2.11. The Morgan fingerprint density at radius 1 is 1.20 bits per heavy atom. The Kier molecular flexibility index (Phi) is 4.76. The molecule has 0 aliphatic rings. The summed E-state index contributed by atoms with van der Waals surface area (Å²) in [6, 6.07) is 11.8. The molecule has 0 fully saturated rings. The molecule has 25 heavy (non-hydrogen) atoms. The van der Waals surface area contributed by atoms with Crippen LogP contribution in [0.1, 0.15) is 21.7 Å². The van der Waals surface area contributed by atoms with Gasteiger partial charge in [0.1, 0.15) is 11.5 Å². The lowest BCUT2D eigenvalue weighted by Gasteiger charge is -2.14. The molecule has 0 saturated heterocycles. The van der Waals surface area contributed by atoms with Crippen LogP contribution in [-0.4, -0.2) is 20.9 Å². The highest BCUT2D eigenvalue weighted by Crippen LogP contribution is 2.28. The third-order valence-electron chi connectivity index (χ3n) is 3.68. The quantitative estimate of drug-likeness (QED) is 0.566. The van der Waals surface area contributed by atoms with Gasteiger partial charge in [0.05, 0.1) is 16.9 Å². The van der Waals surface area contributed by atoms with Crippen LogP contribution in [0.15, 0.2) is 42.5 Å². The van der Waals surface area contributed by atoms with Crippen molar-refractivity contribution in [1.82, 2.24) is 9.78 Å². The van der Waals surface area contributed by atoms with Crippen molar-refractivity contribution in [2.45, 2.75) is 13.8 Å². The molecule has 0 spiro atoms. The summed E-state index contributed by atoms with van der Waals surface area (Å²) in [6.07, 6.45) is 0. The summed E-state index contributed by atoms with van der Waals surface area (Å²) in [6.45, 7) is 3.63. The third-order valence-corrected chi connectivity index (χ3v) is 4.40. The van der Waals surface area contributed by atoms with E-state index in [9.17, 15) is 14.3 Å². The van der Waals surface area contributed by atoms with Crippen LogP contribution in [0, 0.1) is 23.2 Å². The molecule has 7 heteroatoms.